The van der Waals surface area contributed by atoms with Gasteiger partial charge >= 0.3 is 0 Å². The van der Waals surface area contributed by atoms with Crippen LogP contribution in [0.2, 0.25) is 0 Å². The Kier molecular flexibility index (Phi) is 3.87. The van der Waals surface area contributed by atoms with E-state index in [0.29, 0.717) is 18.2 Å². The summed E-state index contributed by atoms with van der Waals surface area (Å²) in [6, 6.07) is 5.94. The first-order chi connectivity index (χ1) is 10.3. The van der Waals surface area contributed by atoms with Crippen molar-refractivity contribution in [3.05, 3.63) is 42.5 Å². The summed E-state index contributed by atoms with van der Waals surface area (Å²) in [6.07, 6.45) is 6.61. The van der Waals surface area contributed by atoms with Crippen LogP contribution in [0.4, 0.5) is 0 Å². The van der Waals surface area contributed by atoms with Crippen LogP contribution in [-0.2, 0) is 13.6 Å². The van der Waals surface area contributed by atoms with E-state index in [1.54, 1.807) is 10.9 Å². The highest BCUT2D eigenvalue weighted by molar-refractivity contribution is 5.46. The molecule has 0 unspecified atom stereocenters. The van der Waals surface area contributed by atoms with E-state index in [1.807, 2.05) is 42.0 Å². The first-order valence-corrected chi connectivity index (χ1v) is 7.11. The first-order valence-electron chi connectivity index (χ1n) is 7.11. The third kappa shape index (κ3) is 2.90. The van der Waals surface area contributed by atoms with Crippen LogP contribution in [-0.4, -0.2) is 25.7 Å². The predicted octanol–water partition coefficient (Wildman–Crippen LogP) is 2.36. The summed E-state index contributed by atoms with van der Waals surface area (Å²) in [5.74, 6) is 1.32. The Morgan fingerprint density at radius 1 is 1.33 bits per heavy atom. The molecule has 21 heavy (non-hydrogen) atoms. The minimum Gasteiger partial charge on any atom is -0.434 e. The summed E-state index contributed by atoms with van der Waals surface area (Å²) in [4.78, 5) is 4.56. The molecule has 0 aromatic carbocycles. The fourth-order valence-electron chi connectivity index (χ4n) is 2.21. The van der Waals surface area contributed by atoms with Crippen molar-refractivity contribution < 1.29 is 4.74 Å². The van der Waals surface area contributed by atoms with Gasteiger partial charge in [-0.25, -0.2) is 0 Å². The SMILES string of the molecule is CCCNCc1c(Oc2cnn(C)c2)nc2ccccn12. The van der Waals surface area contributed by atoms with Crippen molar-refractivity contribution in [2.45, 2.75) is 19.9 Å². The van der Waals surface area contributed by atoms with Gasteiger partial charge in [-0.2, -0.15) is 10.1 Å². The van der Waals surface area contributed by atoms with Crippen LogP contribution in [0.1, 0.15) is 19.0 Å². The van der Waals surface area contributed by atoms with Gasteiger partial charge in [0.1, 0.15) is 11.3 Å². The van der Waals surface area contributed by atoms with Gasteiger partial charge in [-0.15, -0.1) is 0 Å². The zero-order valence-corrected chi connectivity index (χ0v) is 12.3. The molecule has 0 spiro atoms. The van der Waals surface area contributed by atoms with Crippen LogP contribution in [0.15, 0.2) is 36.8 Å². The van der Waals surface area contributed by atoms with E-state index in [-0.39, 0.29) is 0 Å². The summed E-state index contributed by atoms with van der Waals surface area (Å²) in [5, 5.41) is 7.51. The lowest BCUT2D eigenvalue weighted by Crippen LogP contribution is -2.15. The molecule has 0 aliphatic rings. The molecule has 3 heterocycles. The predicted molar refractivity (Wildman–Crippen MR) is 80.5 cm³/mol. The second-order valence-electron chi connectivity index (χ2n) is 4.92. The molecule has 0 saturated heterocycles. The molecular weight excluding hydrogens is 266 g/mol. The molecule has 0 aliphatic carbocycles. The highest BCUT2D eigenvalue weighted by Gasteiger charge is 2.14. The van der Waals surface area contributed by atoms with E-state index >= 15 is 0 Å². The maximum absolute atomic E-state index is 5.89. The molecule has 3 rings (SSSR count). The lowest BCUT2D eigenvalue weighted by atomic mass is 10.4. The number of fused-ring (bicyclic) bond motifs is 1. The van der Waals surface area contributed by atoms with Gasteiger partial charge in [0.15, 0.2) is 5.75 Å². The maximum Gasteiger partial charge on any atom is 0.242 e. The maximum atomic E-state index is 5.89. The van der Waals surface area contributed by atoms with Crippen LogP contribution in [0, 0.1) is 0 Å². The number of aromatic nitrogens is 4. The van der Waals surface area contributed by atoms with Gasteiger partial charge < -0.3 is 10.1 Å². The smallest absolute Gasteiger partial charge is 0.242 e. The van der Waals surface area contributed by atoms with E-state index in [0.717, 1.165) is 24.3 Å². The van der Waals surface area contributed by atoms with Gasteiger partial charge in [0.05, 0.1) is 12.4 Å². The van der Waals surface area contributed by atoms with Crippen LogP contribution >= 0.6 is 0 Å². The molecule has 6 nitrogen and oxygen atoms in total. The number of nitrogens with one attached hydrogen (secondary N) is 1. The molecule has 3 aromatic rings. The summed E-state index contributed by atoms with van der Waals surface area (Å²) in [7, 11) is 1.86. The number of imidazole rings is 1. The zero-order valence-electron chi connectivity index (χ0n) is 12.3. The Bertz CT molecular complexity index is 731. The zero-order chi connectivity index (χ0) is 14.7. The fraction of sp³-hybridized carbons (Fsp3) is 0.333. The van der Waals surface area contributed by atoms with Crippen molar-refractivity contribution >= 4 is 5.65 Å². The Labute approximate surface area is 123 Å². The van der Waals surface area contributed by atoms with Crippen LogP contribution < -0.4 is 10.1 Å². The molecule has 6 heteroatoms. The van der Waals surface area contributed by atoms with Gasteiger partial charge in [0.2, 0.25) is 5.88 Å². The van der Waals surface area contributed by atoms with Crippen LogP contribution in [0.25, 0.3) is 5.65 Å². The molecule has 0 aliphatic heterocycles. The summed E-state index contributed by atoms with van der Waals surface area (Å²) in [6.45, 7) is 3.83. The summed E-state index contributed by atoms with van der Waals surface area (Å²) < 4.78 is 9.65. The molecule has 3 aromatic heterocycles. The second kappa shape index (κ2) is 5.97. The Balaban J connectivity index is 1.93. The van der Waals surface area contributed by atoms with Crippen LogP contribution in [0.3, 0.4) is 0 Å². The summed E-state index contributed by atoms with van der Waals surface area (Å²) in [5.41, 5.74) is 1.90. The van der Waals surface area contributed by atoms with E-state index in [2.05, 4.69) is 22.3 Å². The Morgan fingerprint density at radius 2 is 2.24 bits per heavy atom. The fourth-order valence-corrected chi connectivity index (χ4v) is 2.21. The number of hydrogen-bond donors (Lipinski definition) is 1. The monoisotopic (exact) mass is 285 g/mol. The molecule has 0 amide bonds. The van der Waals surface area contributed by atoms with Gasteiger partial charge in [0, 0.05) is 19.8 Å². The van der Waals surface area contributed by atoms with Crippen LogP contribution in [0.5, 0.6) is 11.6 Å². The second-order valence-corrected chi connectivity index (χ2v) is 4.92. The molecule has 0 radical (unpaired) electrons. The largest absolute Gasteiger partial charge is 0.434 e. The molecule has 0 fully saturated rings. The van der Waals surface area contributed by atoms with Crippen molar-refractivity contribution in [3.63, 3.8) is 0 Å². The summed E-state index contributed by atoms with van der Waals surface area (Å²) >= 11 is 0. The van der Waals surface area contributed by atoms with Crippen molar-refractivity contribution in [1.29, 1.82) is 0 Å². The molecule has 0 bridgehead atoms. The molecule has 1 N–H and O–H groups in total. The number of rotatable bonds is 6. The Morgan fingerprint density at radius 3 is 3.00 bits per heavy atom. The molecule has 0 atom stereocenters. The Hall–Kier alpha value is -2.34. The quantitative estimate of drug-likeness (QED) is 0.706. The van der Waals surface area contributed by atoms with Crippen molar-refractivity contribution in [1.82, 2.24) is 24.5 Å². The van der Waals surface area contributed by atoms with Gasteiger partial charge in [0.25, 0.3) is 0 Å². The standard InChI is InChI=1S/C15H19N5O/c1-3-7-16-10-13-15(21-12-9-17-19(2)11-12)18-14-6-4-5-8-20(13)14/h4-6,8-9,11,16H,3,7,10H2,1-2H3. The number of pyridine rings is 1. The van der Waals surface area contributed by atoms with Crippen molar-refractivity contribution in [2.75, 3.05) is 6.54 Å². The molecule has 0 saturated carbocycles. The lowest BCUT2D eigenvalue weighted by molar-refractivity contribution is 0.455. The number of aryl methyl sites for hydroxylation is 1. The third-order valence-electron chi connectivity index (χ3n) is 3.21. The lowest BCUT2D eigenvalue weighted by Gasteiger charge is -2.06. The minimum atomic E-state index is 0.623. The number of hydrogen-bond acceptors (Lipinski definition) is 4. The molecular formula is C15H19N5O. The first kappa shape index (κ1) is 13.6. The molecule has 110 valence electrons. The highest BCUT2D eigenvalue weighted by atomic mass is 16.5. The van der Waals surface area contributed by atoms with E-state index in [4.69, 9.17) is 4.74 Å². The average molecular weight is 285 g/mol. The number of ether oxygens (including phenoxy) is 1. The van der Waals surface area contributed by atoms with E-state index < -0.39 is 0 Å². The topological polar surface area (TPSA) is 56.4 Å². The number of nitrogens with zero attached hydrogens (tertiary/aromatic N) is 4. The average Bonchev–Trinajstić information content (AvgIpc) is 3.04. The van der Waals surface area contributed by atoms with Gasteiger partial charge in [-0.3, -0.25) is 9.08 Å². The van der Waals surface area contributed by atoms with Gasteiger partial charge in [-0.1, -0.05) is 13.0 Å². The third-order valence-corrected chi connectivity index (χ3v) is 3.21. The van der Waals surface area contributed by atoms with Crippen molar-refractivity contribution in [2.24, 2.45) is 7.05 Å². The minimum absolute atomic E-state index is 0.623. The van der Waals surface area contributed by atoms with E-state index in [9.17, 15) is 0 Å². The van der Waals surface area contributed by atoms with Crippen molar-refractivity contribution in [3.8, 4) is 11.6 Å². The highest BCUT2D eigenvalue weighted by Crippen LogP contribution is 2.25. The normalized spacial score (nSPS) is 11.1. The van der Waals surface area contributed by atoms with E-state index in [1.165, 1.54) is 0 Å². The van der Waals surface area contributed by atoms with Gasteiger partial charge in [-0.05, 0) is 25.1 Å².